The molecular formula is C28H29FN6O. The van der Waals surface area contributed by atoms with E-state index in [9.17, 15) is 19.7 Å². The highest BCUT2D eigenvalue weighted by Crippen LogP contribution is 2.37. The normalized spacial score (nSPS) is 19.5. The van der Waals surface area contributed by atoms with Gasteiger partial charge < -0.3 is 14.4 Å². The Labute approximate surface area is 210 Å². The number of nitriles is 2. The lowest BCUT2D eigenvalue weighted by Crippen LogP contribution is -2.44. The van der Waals surface area contributed by atoms with E-state index in [1.54, 1.807) is 31.3 Å². The van der Waals surface area contributed by atoms with Crippen molar-refractivity contribution >= 4 is 22.4 Å². The Hall–Kier alpha value is -3.91. The molecule has 5 rings (SSSR count). The van der Waals surface area contributed by atoms with Crippen molar-refractivity contribution in [1.82, 2.24) is 9.55 Å². The summed E-state index contributed by atoms with van der Waals surface area (Å²) in [4.78, 5) is 21.9. The molecule has 0 radical (unpaired) electrons. The Morgan fingerprint density at radius 2 is 1.78 bits per heavy atom. The van der Waals surface area contributed by atoms with Gasteiger partial charge in [0.05, 0.1) is 11.2 Å². The SMILES string of the molecule is Cn1c(=O)c(C#N)c(N(C)[C@H]2CC[C@@H](N(CC3CC3)c3cccc(F)c3)CC2)c2nc(C#N)ccc21. The van der Waals surface area contributed by atoms with Gasteiger partial charge in [-0.3, -0.25) is 4.79 Å². The van der Waals surface area contributed by atoms with Gasteiger partial charge in [-0.25, -0.2) is 9.37 Å². The number of fused-ring (bicyclic) bond motifs is 1. The average molecular weight is 485 g/mol. The third kappa shape index (κ3) is 4.40. The molecule has 7 nitrogen and oxygen atoms in total. The molecule has 0 aliphatic heterocycles. The standard InChI is InChI=1S/C28H29FN6O/c1-33(27-24(16-31)28(36)34(2)25-13-8-20(15-30)32-26(25)27)21-9-11-22(12-10-21)35(17-18-6-7-18)23-5-3-4-19(29)14-23/h3-5,8,13-14,18,21-22H,6-7,9-12,17H2,1-2H3/t21-,22+. The van der Waals surface area contributed by atoms with Crippen molar-refractivity contribution in [3.63, 3.8) is 0 Å². The second-order valence-corrected chi connectivity index (χ2v) is 10.0. The van der Waals surface area contributed by atoms with E-state index in [1.807, 2.05) is 18.0 Å². The van der Waals surface area contributed by atoms with Crippen LogP contribution in [0.5, 0.6) is 0 Å². The number of hydrogen-bond donors (Lipinski definition) is 0. The molecule has 3 aromatic rings. The maximum atomic E-state index is 14.0. The first-order chi connectivity index (χ1) is 17.4. The second kappa shape index (κ2) is 9.62. The molecule has 2 aliphatic carbocycles. The number of aryl methyl sites for hydroxylation is 1. The molecule has 2 aromatic heterocycles. The maximum Gasteiger partial charge on any atom is 0.270 e. The molecular weight excluding hydrogens is 455 g/mol. The van der Waals surface area contributed by atoms with Crippen molar-refractivity contribution in [1.29, 1.82) is 10.5 Å². The summed E-state index contributed by atoms with van der Waals surface area (Å²) in [5.41, 5.74) is 2.45. The number of halogens is 1. The number of aromatic nitrogens is 2. The quantitative estimate of drug-likeness (QED) is 0.513. The molecule has 184 valence electrons. The predicted octanol–water partition coefficient (Wildman–Crippen LogP) is 4.48. The maximum absolute atomic E-state index is 14.0. The zero-order valence-electron chi connectivity index (χ0n) is 20.6. The highest BCUT2D eigenvalue weighted by atomic mass is 19.1. The summed E-state index contributed by atoms with van der Waals surface area (Å²) in [6, 6.07) is 14.8. The van der Waals surface area contributed by atoms with Crippen LogP contribution in [0.25, 0.3) is 11.0 Å². The van der Waals surface area contributed by atoms with Gasteiger partial charge in [-0.05, 0) is 74.8 Å². The van der Waals surface area contributed by atoms with Gasteiger partial charge in [-0.15, -0.1) is 0 Å². The van der Waals surface area contributed by atoms with E-state index in [-0.39, 0.29) is 28.7 Å². The zero-order chi connectivity index (χ0) is 25.4. The van der Waals surface area contributed by atoms with Crippen molar-refractivity contribution in [3.05, 3.63) is 63.8 Å². The van der Waals surface area contributed by atoms with Gasteiger partial charge in [0.15, 0.2) is 0 Å². The lowest BCUT2D eigenvalue weighted by molar-refractivity contribution is 0.365. The van der Waals surface area contributed by atoms with Gasteiger partial charge >= 0.3 is 0 Å². The molecule has 0 unspecified atom stereocenters. The van der Waals surface area contributed by atoms with E-state index < -0.39 is 0 Å². The van der Waals surface area contributed by atoms with Gasteiger partial charge in [0, 0.05) is 38.4 Å². The van der Waals surface area contributed by atoms with E-state index in [0.717, 1.165) is 37.9 Å². The molecule has 0 N–H and O–H groups in total. The number of rotatable bonds is 6. The number of benzene rings is 1. The summed E-state index contributed by atoms with van der Waals surface area (Å²) in [6.07, 6.45) is 6.07. The van der Waals surface area contributed by atoms with Crippen molar-refractivity contribution < 1.29 is 4.39 Å². The van der Waals surface area contributed by atoms with Crippen LogP contribution in [0.1, 0.15) is 49.8 Å². The number of anilines is 2. The lowest BCUT2D eigenvalue weighted by atomic mass is 9.88. The van der Waals surface area contributed by atoms with E-state index in [1.165, 1.54) is 23.5 Å². The second-order valence-electron chi connectivity index (χ2n) is 10.0. The average Bonchev–Trinajstić information content (AvgIpc) is 3.73. The minimum atomic E-state index is -0.367. The fourth-order valence-electron chi connectivity index (χ4n) is 5.54. The molecule has 1 aromatic carbocycles. The van der Waals surface area contributed by atoms with Crippen molar-refractivity contribution in [3.8, 4) is 12.1 Å². The summed E-state index contributed by atoms with van der Waals surface area (Å²) >= 11 is 0. The van der Waals surface area contributed by atoms with E-state index in [0.29, 0.717) is 28.7 Å². The fourth-order valence-corrected chi connectivity index (χ4v) is 5.54. The van der Waals surface area contributed by atoms with Gasteiger partial charge in [0.1, 0.15) is 34.7 Å². The monoisotopic (exact) mass is 484 g/mol. The van der Waals surface area contributed by atoms with Crippen LogP contribution in [0, 0.1) is 34.4 Å². The number of hydrogen-bond acceptors (Lipinski definition) is 6. The van der Waals surface area contributed by atoms with Gasteiger partial charge in [-0.1, -0.05) is 6.07 Å². The minimum absolute atomic E-state index is 0.0485. The highest BCUT2D eigenvalue weighted by Gasteiger charge is 2.33. The minimum Gasteiger partial charge on any atom is -0.369 e. The Balaban J connectivity index is 1.43. The molecule has 2 saturated carbocycles. The lowest BCUT2D eigenvalue weighted by Gasteiger charge is -2.41. The molecule has 8 heteroatoms. The Bertz CT molecular complexity index is 1440. The summed E-state index contributed by atoms with van der Waals surface area (Å²) in [5.74, 6) is 0.465. The van der Waals surface area contributed by atoms with Crippen LogP contribution < -0.4 is 15.4 Å². The summed E-state index contributed by atoms with van der Waals surface area (Å²) in [5, 5.41) is 19.3. The van der Waals surface area contributed by atoms with Crippen LogP contribution in [-0.2, 0) is 7.05 Å². The first-order valence-electron chi connectivity index (χ1n) is 12.5. The molecule has 0 saturated heterocycles. The zero-order valence-corrected chi connectivity index (χ0v) is 20.6. The Morgan fingerprint density at radius 1 is 1.06 bits per heavy atom. The molecule has 2 heterocycles. The molecule has 36 heavy (non-hydrogen) atoms. The first-order valence-corrected chi connectivity index (χ1v) is 12.5. The fraction of sp³-hybridized carbons (Fsp3) is 0.429. The molecule has 2 aliphatic rings. The molecule has 2 fully saturated rings. The Morgan fingerprint density at radius 3 is 2.42 bits per heavy atom. The third-order valence-electron chi connectivity index (χ3n) is 7.74. The summed E-state index contributed by atoms with van der Waals surface area (Å²) < 4.78 is 15.4. The van der Waals surface area contributed by atoms with Crippen molar-refractivity contribution in [2.24, 2.45) is 13.0 Å². The summed E-state index contributed by atoms with van der Waals surface area (Å²) in [7, 11) is 3.53. The highest BCUT2D eigenvalue weighted by molar-refractivity contribution is 5.92. The largest absolute Gasteiger partial charge is 0.369 e. The molecule has 0 spiro atoms. The van der Waals surface area contributed by atoms with Crippen LogP contribution in [0.15, 0.2) is 41.2 Å². The van der Waals surface area contributed by atoms with Crippen LogP contribution in [0.4, 0.5) is 15.8 Å². The summed E-state index contributed by atoms with van der Waals surface area (Å²) in [6.45, 7) is 0.952. The van der Waals surface area contributed by atoms with Crippen LogP contribution in [0.2, 0.25) is 0 Å². The van der Waals surface area contributed by atoms with E-state index >= 15 is 0 Å². The molecule has 0 bridgehead atoms. The van der Waals surface area contributed by atoms with E-state index in [4.69, 9.17) is 0 Å². The smallest absolute Gasteiger partial charge is 0.270 e. The van der Waals surface area contributed by atoms with Gasteiger partial charge in [0.25, 0.3) is 5.56 Å². The molecule has 0 atom stereocenters. The number of nitrogens with zero attached hydrogens (tertiary/aromatic N) is 6. The number of pyridine rings is 2. The van der Waals surface area contributed by atoms with E-state index in [2.05, 4.69) is 22.0 Å². The Kier molecular flexibility index (Phi) is 6.36. The first kappa shape index (κ1) is 23.8. The van der Waals surface area contributed by atoms with Gasteiger partial charge in [0.2, 0.25) is 0 Å². The predicted molar refractivity (Wildman–Crippen MR) is 137 cm³/mol. The van der Waals surface area contributed by atoms with Crippen LogP contribution >= 0.6 is 0 Å². The molecule has 0 amide bonds. The van der Waals surface area contributed by atoms with Crippen molar-refractivity contribution in [2.45, 2.75) is 50.6 Å². The topological polar surface area (TPSA) is 88.9 Å². The van der Waals surface area contributed by atoms with Crippen LogP contribution in [0.3, 0.4) is 0 Å². The van der Waals surface area contributed by atoms with Gasteiger partial charge in [-0.2, -0.15) is 10.5 Å². The third-order valence-corrected chi connectivity index (χ3v) is 7.74. The van der Waals surface area contributed by atoms with Crippen LogP contribution in [-0.4, -0.2) is 35.2 Å². The van der Waals surface area contributed by atoms with Crippen molar-refractivity contribution in [2.75, 3.05) is 23.4 Å².